The zero-order valence-electron chi connectivity index (χ0n) is 11.6. The van der Waals surface area contributed by atoms with Gasteiger partial charge in [-0.15, -0.1) is 0 Å². The SMILES string of the molecule is CNC(=O)C1(CCCc2ccccn2)CCNCC1. The van der Waals surface area contributed by atoms with Crippen molar-refractivity contribution >= 4 is 5.91 Å². The first-order valence-corrected chi connectivity index (χ1v) is 7.10. The van der Waals surface area contributed by atoms with E-state index in [9.17, 15) is 4.79 Å². The van der Waals surface area contributed by atoms with Gasteiger partial charge < -0.3 is 10.6 Å². The lowest BCUT2D eigenvalue weighted by Crippen LogP contribution is -2.46. The highest BCUT2D eigenvalue weighted by Gasteiger charge is 2.38. The minimum absolute atomic E-state index is 0.172. The standard InChI is InChI=1S/C15H23N3O/c1-16-14(19)15(8-11-17-12-9-15)7-4-6-13-5-2-3-10-18-13/h2-3,5,10,17H,4,6-9,11-12H2,1H3,(H,16,19). The summed E-state index contributed by atoms with van der Waals surface area (Å²) < 4.78 is 0. The average Bonchev–Trinajstić information content (AvgIpc) is 2.48. The van der Waals surface area contributed by atoms with Crippen molar-refractivity contribution in [2.45, 2.75) is 32.1 Å². The van der Waals surface area contributed by atoms with Crippen LogP contribution in [0, 0.1) is 5.41 Å². The van der Waals surface area contributed by atoms with Crippen LogP contribution in [0.15, 0.2) is 24.4 Å². The second kappa shape index (κ2) is 6.66. The zero-order valence-corrected chi connectivity index (χ0v) is 11.6. The smallest absolute Gasteiger partial charge is 0.226 e. The van der Waals surface area contributed by atoms with E-state index >= 15 is 0 Å². The van der Waals surface area contributed by atoms with Gasteiger partial charge in [0.15, 0.2) is 0 Å². The fraction of sp³-hybridized carbons (Fsp3) is 0.600. The first-order chi connectivity index (χ1) is 9.27. The molecule has 2 rings (SSSR count). The molecular formula is C15H23N3O. The summed E-state index contributed by atoms with van der Waals surface area (Å²) >= 11 is 0. The Hall–Kier alpha value is -1.42. The van der Waals surface area contributed by atoms with E-state index in [0.717, 1.165) is 50.9 Å². The van der Waals surface area contributed by atoms with Gasteiger partial charge >= 0.3 is 0 Å². The number of carbonyl (C=O) groups is 1. The van der Waals surface area contributed by atoms with E-state index in [-0.39, 0.29) is 11.3 Å². The Labute approximate surface area is 115 Å². The maximum Gasteiger partial charge on any atom is 0.226 e. The molecule has 0 radical (unpaired) electrons. The molecule has 4 heteroatoms. The van der Waals surface area contributed by atoms with Gasteiger partial charge in [0, 0.05) is 18.9 Å². The van der Waals surface area contributed by atoms with Crippen LogP contribution in [0.25, 0.3) is 0 Å². The number of piperidine rings is 1. The predicted octanol–water partition coefficient (Wildman–Crippen LogP) is 1.52. The maximum absolute atomic E-state index is 12.2. The predicted molar refractivity (Wildman–Crippen MR) is 75.8 cm³/mol. The van der Waals surface area contributed by atoms with Crippen molar-refractivity contribution in [3.8, 4) is 0 Å². The van der Waals surface area contributed by atoms with E-state index in [1.54, 1.807) is 7.05 Å². The summed E-state index contributed by atoms with van der Waals surface area (Å²) in [5.74, 6) is 0.204. The molecule has 4 nitrogen and oxygen atoms in total. The van der Waals surface area contributed by atoms with E-state index in [2.05, 4.69) is 21.7 Å². The normalized spacial score (nSPS) is 17.9. The molecule has 0 saturated carbocycles. The Kier molecular flexibility index (Phi) is 4.91. The van der Waals surface area contributed by atoms with Gasteiger partial charge in [0.05, 0.1) is 5.41 Å². The second-order valence-corrected chi connectivity index (χ2v) is 5.28. The Morgan fingerprint density at radius 2 is 2.21 bits per heavy atom. The van der Waals surface area contributed by atoms with Crippen LogP contribution in [0.5, 0.6) is 0 Å². The van der Waals surface area contributed by atoms with Gasteiger partial charge in [-0.3, -0.25) is 9.78 Å². The molecule has 1 aliphatic rings. The fourth-order valence-electron chi connectivity index (χ4n) is 2.91. The maximum atomic E-state index is 12.2. The van der Waals surface area contributed by atoms with E-state index in [1.807, 2.05) is 18.3 Å². The number of aromatic nitrogens is 1. The molecule has 19 heavy (non-hydrogen) atoms. The van der Waals surface area contributed by atoms with Crippen LogP contribution in [0.3, 0.4) is 0 Å². The van der Waals surface area contributed by atoms with Gasteiger partial charge in [0.25, 0.3) is 0 Å². The third-order valence-corrected chi connectivity index (χ3v) is 4.08. The Morgan fingerprint density at radius 1 is 1.42 bits per heavy atom. The van der Waals surface area contributed by atoms with E-state index in [0.29, 0.717) is 0 Å². The lowest BCUT2D eigenvalue weighted by atomic mass is 9.74. The monoisotopic (exact) mass is 261 g/mol. The molecule has 2 N–H and O–H groups in total. The summed E-state index contributed by atoms with van der Waals surface area (Å²) in [6.45, 7) is 1.88. The molecule has 0 aromatic carbocycles. The number of nitrogens with one attached hydrogen (secondary N) is 2. The van der Waals surface area contributed by atoms with Crippen LogP contribution in [-0.2, 0) is 11.2 Å². The second-order valence-electron chi connectivity index (χ2n) is 5.28. The van der Waals surface area contributed by atoms with Gasteiger partial charge in [-0.1, -0.05) is 6.07 Å². The number of pyridine rings is 1. The van der Waals surface area contributed by atoms with Crippen LogP contribution < -0.4 is 10.6 Å². The van der Waals surface area contributed by atoms with Gasteiger partial charge in [0.2, 0.25) is 5.91 Å². The molecule has 0 bridgehead atoms. The molecule has 0 atom stereocenters. The molecule has 0 spiro atoms. The lowest BCUT2D eigenvalue weighted by molar-refractivity contribution is -0.132. The van der Waals surface area contributed by atoms with Crippen LogP contribution in [0.1, 0.15) is 31.4 Å². The third-order valence-electron chi connectivity index (χ3n) is 4.08. The van der Waals surface area contributed by atoms with Crippen LogP contribution in [-0.4, -0.2) is 31.0 Å². The number of carbonyl (C=O) groups excluding carboxylic acids is 1. The molecule has 0 aliphatic carbocycles. The highest BCUT2D eigenvalue weighted by molar-refractivity contribution is 5.82. The molecular weight excluding hydrogens is 238 g/mol. The minimum atomic E-state index is -0.172. The summed E-state index contributed by atoms with van der Waals surface area (Å²) in [5, 5.41) is 6.18. The molecule has 1 aromatic rings. The topological polar surface area (TPSA) is 54.0 Å². The van der Waals surface area contributed by atoms with Crippen molar-refractivity contribution in [2.75, 3.05) is 20.1 Å². The van der Waals surface area contributed by atoms with Crippen molar-refractivity contribution in [1.82, 2.24) is 15.6 Å². The minimum Gasteiger partial charge on any atom is -0.359 e. The van der Waals surface area contributed by atoms with Gasteiger partial charge in [-0.25, -0.2) is 0 Å². The Morgan fingerprint density at radius 3 is 2.84 bits per heavy atom. The molecule has 1 saturated heterocycles. The highest BCUT2D eigenvalue weighted by atomic mass is 16.2. The van der Waals surface area contributed by atoms with Crippen LogP contribution in [0.2, 0.25) is 0 Å². The summed E-state index contributed by atoms with van der Waals surface area (Å²) in [4.78, 5) is 16.5. The van der Waals surface area contributed by atoms with Crippen molar-refractivity contribution in [3.63, 3.8) is 0 Å². The molecule has 1 fully saturated rings. The van der Waals surface area contributed by atoms with Gasteiger partial charge in [0.1, 0.15) is 0 Å². The first-order valence-electron chi connectivity index (χ1n) is 7.10. The van der Waals surface area contributed by atoms with E-state index in [4.69, 9.17) is 0 Å². The zero-order chi connectivity index (χ0) is 13.6. The summed E-state index contributed by atoms with van der Waals surface area (Å²) in [5.41, 5.74) is 0.942. The summed E-state index contributed by atoms with van der Waals surface area (Å²) in [6.07, 6.45) is 6.63. The quantitative estimate of drug-likeness (QED) is 0.845. The third kappa shape index (κ3) is 3.53. The number of hydrogen-bond acceptors (Lipinski definition) is 3. The molecule has 1 amide bonds. The Bertz CT molecular complexity index is 399. The van der Waals surface area contributed by atoms with Crippen LogP contribution in [0.4, 0.5) is 0 Å². The highest BCUT2D eigenvalue weighted by Crippen LogP contribution is 2.34. The van der Waals surface area contributed by atoms with Crippen molar-refractivity contribution in [3.05, 3.63) is 30.1 Å². The molecule has 1 aromatic heterocycles. The number of rotatable bonds is 5. The summed E-state index contributed by atoms with van der Waals surface area (Å²) in [6, 6.07) is 6.00. The average molecular weight is 261 g/mol. The number of hydrogen-bond donors (Lipinski definition) is 2. The number of nitrogens with zero attached hydrogens (tertiary/aromatic N) is 1. The molecule has 0 unspecified atom stereocenters. The molecule has 104 valence electrons. The van der Waals surface area contributed by atoms with Gasteiger partial charge in [-0.05, 0) is 57.3 Å². The summed E-state index contributed by atoms with van der Waals surface area (Å²) in [7, 11) is 1.74. The van der Waals surface area contributed by atoms with E-state index < -0.39 is 0 Å². The first kappa shape index (κ1) is 14.0. The van der Waals surface area contributed by atoms with Crippen molar-refractivity contribution in [2.24, 2.45) is 5.41 Å². The fourth-order valence-corrected chi connectivity index (χ4v) is 2.91. The Balaban J connectivity index is 1.91. The molecule has 1 aliphatic heterocycles. The van der Waals surface area contributed by atoms with Gasteiger partial charge in [-0.2, -0.15) is 0 Å². The largest absolute Gasteiger partial charge is 0.359 e. The van der Waals surface area contributed by atoms with Crippen molar-refractivity contribution in [1.29, 1.82) is 0 Å². The number of aryl methyl sites for hydroxylation is 1. The van der Waals surface area contributed by atoms with Crippen LogP contribution >= 0.6 is 0 Å². The van der Waals surface area contributed by atoms with Crippen molar-refractivity contribution < 1.29 is 4.79 Å². The lowest BCUT2D eigenvalue weighted by Gasteiger charge is -2.36. The molecule has 2 heterocycles. The van der Waals surface area contributed by atoms with E-state index in [1.165, 1.54) is 0 Å². The number of amides is 1.